The van der Waals surface area contributed by atoms with Gasteiger partial charge in [-0.3, -0.25) is 9.80 Å². The maximum Gasteiger partial charge on any atom is 0.107 e. The smallest absolute Gasteiger partial charge is 0.107 e. The lowest BCUT2D eigenvalue weighted by molar-refractivity contribution is 0.0706. The highest BCUT2D eigenvalue weighted by Crippen LogP contribution is 2.34. The molecule has 5 nitrogen and oxygen atoms in total. The van der Waals surface area contributed by atoms with Gasteiger partial charge in [-0.2, -0.15) is 0 Å². The zero-order valence-corrected chi connectivity index (χ0v) is 15.7. The molecule has 0 saturated carbocycles. The van der Waals surface area contributed by atoms with Crippen molar-refractivity contribution in [2.45, 2.75) is 26.4 Å². The Morgan fingerprint density at radius 2 is 2.08 bits per heavy atom. The Kier molecular flexibility index (Phi) is 4.96. The van der Waals surface area contributed by atoms with Crippen LogP contribution in [0.5, 0.6) is 0 Å². The highest BCUT2D eigenvalue weighted by Gasteiger charge is 2.41. The number of hydrogen-bond acceptors (Lipinski definition) is 7. The molecule has 7 heteroatoms. The van der Waals surface area contributed by atoms with E-state index >= 15 is 0 Å². The van der Waals surface area contributed by atoms with Crippen molar-refractivity contribution >= 4 is 22.7 Å². The van der Waals surface area contributed by atoms with Gasteiger partial charge < -0.3 is 4.74 Å². The molecule has 1 atom stereocenters. The van der Waals surface area contributed by atoms with E-state index in [0.717, 1.165) is 57.5 Å². The second-order valence-corrected chi connectivity index (χ2v) is 9.05. The third-order valence-corrected chi connectivity index (χ3v) is 6.52. The fourth-order valence-corrected chi connectivity index (χ4v) is 5.12. The summed E-state index contributed by atoms with van der Waals surface area (Å²) < 4.78 is 5.99. The number of thiazole rings is 2. The number of ether oxygens (including phenoxy) is 1. The van der Waals surface area contributed by atoms with Crippen LogP contribution in [0.1, 0.15) is 22.1 Å². The first-order chi connectivity index (χ1) is 11.7. The summed E-state index contributed by atoms with van der Waals surface area (Å²) in [7, 11) is 0. The van der Waals surface area contributed by atoms with Gasteiger partial charge in [0.1, 0.15) is 5.01 Å². The third kappa shape index (κ3) is 3.86. The van der Waals surface area contributed by atoms with E-state index in [1.165, 1.54) is 17.1 Å². The first kappa shape index (κ1) is 16.6. The summed E-state index contributed by atoms with van der Waals surface area (Å²) >= 11 is 3.49. The Morgan fingerprint density at radius 3 is 2.83 bits per heavy atom. The molecule has 0 amide bonds. The summed E-state index contributed by atoms with van der Waals surface area (Å²) in [4.78, 5) is 14.1. The zero-order valence-electron chi connectivity index (χ0n) is 14.1. The topological polar surface area (TPSA) is 41.5 Å². The van der Waals surface area contributed by atoms with Gasteiger partial charge in [0.05, 0.1) is 30.5 Å². The van der Waals surface area contributed by atoms with Gasteiger partial charge in [0.25, 0.3) is 0 Å². The lowest BCUT2D eigenvalue weighted by Gasteiger charge is -2.31. The van der Waals surface area contributed by atoms with Crippen LogP contribution in [0.3, 0.4) is 0 Å². The molecule has 2 fully saturated rings. The highest BCUT2D eigenvalue weighted by molar-refractivity contribution is 7.09. The Balaban J connectivity index is 1.40. The summed E-state index contributed by atoms with van der Waals surface area (Å²) in [5.74, 6) is 0. The quantitative estimate of drug-likeness (QED) is 0.834. The molecule has 24 heavy (non-hydrogen) atoms. The maximum absolute atomic E-state index is 5.99. The molecule has 0 N–H and O–H groups in total. The summed E-state index contributed by atoms with van der Waals surface area (Å²) in [5, 5.41) is 6.63. The van der Waals surface area contributed by atoms with Crippen LogP contribution in [-0.4, -0.2) is 59.2 Å². The number of likely N-dealkylation sites (tertiary alicyclic amines) is 1. The van der Waals surface area contributed by atoms with Crippen LogP contribution < -0.4 is 0 Å². The summed E-state index contributed by atoms with van der Waals surface area (Å²) in [6.45, 7) is 10.1. The van der Waals surface area contributed by atoms with Crippen molar-refractivity contribution in [1.82, 2.24) is 19.8 Å². The number of rotatable bonds is 4. The SMILES string of the molecule is Cc1nc(CN2CCOC[C@]3(CCN(Cc4nccs4)C3)C2)cs1. The van der Waals surface area contributed by atoms with Crippen molar-refractivity contribution in [2.24, 2.45) is 5.41 Å². The molecule has 2 aliphatic heterocycles. The fraction of sp³-hybridized carbons (Fsp3) is 0.647. The molecule has 0 aliphatic carbocycles. The Labute approximate surface area is 151 Å². The zero-order chi connectivity index (χ0) is 16.4. The van der Waals surface area contributed by atoms with Gasteiger partial charge in [0, 0.05) is 48.6 Å². The molecule has 2 aromatic heterocycles. The molecule has 0 aromatic carbocycles. The van der Waals surface area contributed by atoms with Crippen molar-refractivity contribution in [1.29, 1.82) is 0 Å². The van der Waals surface area contributed by atoms with Crippen LogP contribution in [0.2, 0.25) is 0 Å². The van der Waals surface area contributed by atoms with Crippen LogP contribution >= 0.6 is 22.7 Å². The van der Waals surface area contributed by atoms with Crippen LogP contribution in [0, 0.1) is 12.3 Å². The Morgan fingerprint density at radius 1 is 1.21 bits per heavy atom. The first-order valence-corrected chi connectivity index (χ1v) is 10.3. The minimum Gasteiger partial charge on any atom is -0.379 e. The van der Waals surface area contributed by atoms with Crippen molar-refractivity contribution in [3.8, 4) is 0 Å². The molecule has 2 saturated heterocycles. The number of aryl methyl sites for hydroxylation is 1. The monoisotopic (exact) mass is 364 g/mol. The van der Waals surface area contributed by atoms with Crippen molar-refractivity contribution in [3.05, 3.63) is 32.7 Å². The largest absolute Gasteiger partial charge is 0.379 e. The van der Waals surface area contributed by atoms with Crippen LogP contribution in [0.25, 0.3) is 0 Å². The number of aromatic nitrogens is 2. The van der Waals surface area contributed by atoms with Gasteiger partial charge >= 0.3 is 0 Å². The average molecular weight is 365 g/mol. The summed E-state index contributed by atoms with van der Waals surface area (Å²) in [6.07, 6.45) is 3.11. The van der Waals surface area contributed by atoms with E-state index in [1.54, 1.807) is 22.7 Å². The molecule has 4 heterocycles. The molecular weight excluding hydrogens is 340 g/mol. The van der Waals surface area contributed by atoms with E-state index in [9.17, 15) is 0 Å². The predicted octanol–water partition coefficient (Wildman–Crippen LogP) is 2.63. The molecule has 0 radical (unpaired) electrons. The van der Waals surface area contributed by atoms with Crippen LogP contribution in [0.4, 0.5) is 0 Å². The number of nitrogens with zero attached hydrogens (tertiary/aromatic N) is 4. The molecule has 1 spiro atoms. The average Bonchev–Trinajstić information content (AvgIpc) is 3.25. The second kappa shape index (κ2) is 7.17. The molecule has 4 rings (SSSR count). The van der Waals surface area contributed by atoms with Gasteiger partial charge in [0.2, 0.25) is 0 Å². The van der Waals surface area contributed by atoms with Crippen molar-refractivity contribution in [3.63, 3.8) is 0 Å². The van der Waals surface area contributed by atoms with Gasteiger partial charge in [-0.25, -0.2) is 9.97 Å². The van der Waals surface area contributed by atoms with Gasteiger partial charge in [-0.15, -0.1) is 22.7 Å². The van der Waals surface area contributed by atoms with E-state index < -0.39 is 0 Å². The van der Waals surface area contributed by atoms with Gasteiger partial charge in [-0.1, -0.05) is 0 Å². The van der Waals surface area contributed by atoms with E-state index in [-0.39, 0.29) is 5.41 Å². The Bertz CT molecular complexity index is 659. The lowest BCUT2D eigenvalue weighted by Crippen LogP contribution is -2.40. The molecule has 0 bridgehead atoms. The van der Waals surface area contributed by atoms with E-state index in [4.69, 9.17) is 4.74 Å². The molecule has 130 valence electrons. The first-order valence-electron chi connectivity index (χ1n) is 8.53. The maximum atomic E-state index is 5.99. The lowest BCUT2D eigenvalue weighted by atomic mass is 9.87. The van der Waals surface area contributed by atoms with Crippen molar-refractivity contribution in [2.75, 3.05) is 39.4 Å². The second-order valence-electron chi connectivity index (χ2n) is 7.01. The standard InChI is InChI=1S/C17H24N4OS2/c1-14-19-15(10-24-14)8-21-5-6-22-13-17(12-21)2-4-20(11-17)9-16-18-3-7-23-16/h3,7,10H,2,4-6,8-9,11-13H2,1H3/t17-/m0/s1. The number of hydrogen-bond donors (Lipinski definition) is 0. The minimum absolute atomic E-state index is 0.263. The molecule has 2 aliphatic rings. The fourth-order valence-electron chi connectivity index (χ4n) is 3.86. The molecule has 2 aromatic rings. The van der Waals surface area contributed by atoms with E-state index in [0.29, 0.717) is 0 Å². The Hall–Kier alpha value is -0.860. The van der Waals surface area contributed by atoms with Gasteiger partial charge in [0.15, 0.2) is 0 Å². The predicted molar refractivity (Wildman–Crippen MR) is 97.4 cm³/mol. The minimum atomic E-state index is 0.263. The van der Waals surface area contributed by atoms with Crippen LogP contribution in [0.15, 0.2) is 17.0 Å². The normalized spacial score (nSPS) is 26.2. The summed E-state index contributed by atoms with van der Waals surface area (Å²) in [5.41, 5.74) is 1.46. The highest BCUT2D eigenvalue weighted by atomic mass is 32.1. The van der Waals surface area contributed by atoms with Crippen LogP contribution in [-0.2, 0) is 17.8 Å². The van der Waals surface area contributed by atoms with Crippen molar-refractivity contribution < 1.29 is 4.74 Å². The summed E-state index contributed by atoms with van der Waals surface area (Å²) in [6, 6.07) is 0. The van der Waals surface area contributed by atoms with E-state index in [2.05, 4.69) is 37.5 Å². The van der Waals surface area contributed by atoms with E-state index in [1.807, 2.05) is 6.20 Å². The van der Waals surface area contributed by atoms with Gasteiger partial charge in [-0.05, 0) is 19.9 Å². The molecule has 0 unspecified atom stereocenters. The molecular formula is C17H24N4OS2. The third-order valence-electron chi connectivity index (χ3n) is 4.93.